The quantitative estimate of drug-likeness (QED) is 0.880. The first-order chi connectivity index (χ1) is 8.11. The first-order valence-corrected chi connectivity index (χ1v) is 6.05. The second-order valence-electron chi connectivity index (χ2n) is 3.21. The van der Waals surface area contributed by atoms with Gasteiger partial charge < -0.3 is 5.73 Å². The van der Waals surface area contributed by atoms with Gasteiger partial charge in [-0.05, 0) is 24.8 Å². The molecular formula is C9H10ClN5OS. The fourth-order valence-corrected chi connectivity index (χ4v) is 2.31. The molecule has 17 heavy (non-hydrogen) atoms. The van der Waals surface area contributed by atoms with Gasteiger partial charge in [0.1, 0.15) is 5.03 Å². The molecule has 0 aromatic carbocycles. The molecule has 0 unspecified atom stereocenters. The minimum absolute atomic E-state index is 0.248. The molecule has 0 saturated carbocycles. The monoisotopic (exact) mass is 271 g/mol. The second kappa shape index (κ2) is 4.80. The lowest BCUT2D eigenvalue weighted by Crippen LogP contribution is -2.16. The van der Waals surface area contributed by atoms with E-state index in [1.165, 1.54) is 22.5 Å². The van der Waals surface area contributed by atoms with Crippen molar-refractivity contribution in [3.63, 3.8) is 0 Å². The zero-order valence-electron chi connectivity index (χ0n) is 8.98. The van der Waals surface area contributed by atoms with Crippen molar-refractivity contribution in [3.05, 3.63) is 27.8 Å². The SMILES string of the molecule is CCn1c(Sc2ncc(Cl)cc2N)n[nH]c1=O. The molecule has 0 amide bonds. The van der Waals surface area contributed by atoms with E-state index in [1.807, 2.05) is 6.92 Å². The maximum absolute atomic E-state index is 11.4. The fourth-order valence-electron chi connectivity index (χ4n) is 1.27. The van der Waals surface area contributed by atoms with Gasteiger partial charge in [0.05, 0.1) is 10.7 Å². The van der Waals surface area contributed by atoms with E-state index in [0.29, 0.717) is 27.4 Å². The predicted molar refractivity (Wildman–Crippen MR) is 66.3 cm³/mol. The molecule has 2 aromatic rings. The number of H-pyrrole nitrogens is 1. The van der Waals surface area contributed by atoms with E-state index in [0.717, 1.165) is 0 Å². The molecule has 0 radical (unpaired) electrons. The van der Waals surface area contributed by atoms with Gasteiger partial charge in [-0.15, -0.1) is 5.10 Å². The molecule has 0 bridgehead atoms. The lowest BCUT2D eigenvalue weighted by Gasteiger charge is -2.04. The van der Waals surface area contributed by atoms with Gasteiger partial charge in [0.15, 0.2) is 5.16 Å². The molecule has 6 nitrogen and oxygen atoms in total. The Morgan fingerprint density at radius 3 is 3.06 bits per heavy atom. The number of hydrogen-bond acceptors (Lipinski definition) is 5. The van der Waals surface area contributed by atoms with Crippen LogP contribution in [0.3, 0.4) is 0 Å². The Labute approximate surface area is 106 Å². The molecule has 0 aliphatic heterocycles. The molecule has 0 fully saturated rings. The fraction of sp³-hybridized carbons (Fsp3) is 0.222. The van der Waals surface area contributed by atoms with E-state index < -0.39 is 0 Å². The summed E-state index contributed by atoms with van der Waals surface area (Å²) >= 11 is 6.97. The van der Waals surface area contributed by atoms with Gasteiger partial charge >= 0.3 is 5.69 Å². The third kappa shape index (κ3) is 2.45. The van der Waals surface area contributed by atoms with Crippen molar-refractivity contribution in [3.8, 4) is 0 Å². The Kier molecular flexibility index (Phi) is 3.39. The Hall–Kier alpha value is -1.47. The van der Waals surface area contributed by atoms with Crippen LogP contribution >= 0.6 is 23.4 Å². The predicted octanol–water partition coefficient (Wildman–Crippen LogP) is 1.37. The van der Waals surface area contributed by atoms with Crippen molar-refractivity contribution in [1.82, 2.24) is 19.7 Å². The van der Waals surface area contributed by atoms with Crippen LogP contribution in [0.1, 0.15) is 6.92 Å². The first-order valence-electron chi connectivity index (χ1n) is 4.86. The summed E-state index contributed by atoms with van der Waals surface area (Å²) in [4.78, 5) is 15.5. The summed E-state index contributed by atoms with van der Waals surface area (Å²) in [5.74, 6) is 0. The number of hydrogen-bond donors (Lipinski definition) is 2. The number of pyridine rings is 1. The summed E-state index contributed by atoms with van der Waals surface area (Å²) in [6.07, 6.45) is 1.50. The van der Waals surface area contributed by atoms with Crippen LogP contribution in [0.25, 0.3) is 0 Å². The molecular weight excluding hydrogens is 262 g/mol. The minimum atomic E-state index is -0.248. The molecule has 0 atom stereocenters. The maximum Gasteiger partial charge on any atom is 0.343 e. The summed E-state index contributed by atoms with van der Waals surface area (Å²) in [5.41, 5.74) is 5.99. The highest BCUT2D eigenvalue weighted by Crippen LogP contribution is 2.29. The van der Waals surface area contributed by atoms with Crippen LogP contribution in [0.2, 0.25) is 5.02 Å². The lowest BCUT2D eigenvalue weighted by atomic mass is 10.4. The van der Waals surface area contributed by atoms with E-state index in [1.54, 1.807) is 6.07 Å². The topological polar surface area (TPSA) is 89.6 Å². The van der Waals surface area contributed by atoms with Crippen molar-refractivity contribution in [1.29, 1.82) is 0 Å². The van der Waals surface area contributed by atoms with Crippen LogP contribution in [-0.2, 0) is 6.54 Å². The minimum Gasteiger partial charge on any atom is -0.396 e. The molecule has 0 saturated heterocycles. The van der Waals surface area contributed by atoms with Crippen molar-refractivity contribution in [2.24, 2.45) is 0 Å². The Morgan fingerprint density at radius 2 is 2.41 bits per heavy atom. The number of anilines is 1. The third-order valence-corrected chi connectivity index (χ3v) is 3.31. The number of nitrogens with zero attached hydrogens (tertiary/aromatic N) is 3. The van der Waals surface area contributed by atoms with Crippen LogP contribution in [-0.4, -0.2) is 19.7 Å². The van der Waals surface area contributed by atoms with Gasteiger partial charge in [0.2, 0.25) is 0 Å². The molecule has 3 N–H and O–H groups in total. The van der Waals surface area contributed by atoms with Gasteiger partial charge in [0.25, 0.3) is 0 Å². The summed E-state index contributed by atoms with van der Waals surface area (Å²) in [7, 11) is 0. The van der Waals surface area contributed by atoms with Crippen molar-refractivity contribution < 1.29 is 0 Å². The van der Waals surface area contributed by atoms with Gasteiger partial charge in [-0.25, -0.2) is 14.9 Å². The van der Waals surface area contributed by atoms with E-state index in [-0.39, 0.29) is 5.69 Å². The Morgan fingerprint density at radius 1 is 1.65 bits per heavy atom. The van der Waals surface area contributed by atoms with Crippen LogP contribution < -0.4 is 11.4 Å². The van der Waals surface area contributed by atoms with Gasteiger partial charge in [-0.1, -0.05) is 11.6 Å². The number of nitrogens with one attached hydrogen (secondary N) is 1. The molecule has 0 aliphatic carbocycles. The average Bonchev–Trinajstić information content (AvgIpc) is 2.63. The summed E-state index contributed by atoms with van der Waals surface area (Å²) < 4.78 is 1.50. The average molecular weight is 272 g/mol. The number of halogens is 1. The number of aromatic nitrogens is 4. The largest absolute Gasteiger partial charge is 0.396 e. The highest BCUT2D eigenvalue weighted by molar-refractivity contribution is 7.99. The van der Waals surface area contributed by atoms with Gasteiger partial charge in [0, 0.05) is 12.7 Å². The maximum atomic E-state index is 11.4. The van der Waals surface area contributed by atoms with Crippen LogP contribution in [0.4, 0.5) is 5.69 Å². The van der Waals surface area contributed by atoms with Crippen LogP contribution in [0.15, 0.2) is 27.2 Å². The number of aromatic amines is 1. The Bertz CT molecular complexity index is 593. The second-order valence-corrected chi connectivity index (χ2v) is 4.60. The summed E-state index contributed by atoms with van der Waals surface area (Å²) in [5, 5.41) is 7.86. The van der Waals surface area contributed by atoms with E-state index in [4.69, 9.17) is 17.3 Å². The molecule has 0 aliphatic rings. The summed E-state index contributed by atoms with van der Waals surface area (Å²) in [6.45, 7) is 2.39. The lowest BCUT2D eigenvalue weighted by molar-refractivity contribution is 0.660. The van der Waals surface area contributed by atoms with E-state index in [2.05, 4.69) is 15.2 Å². The highest BCUT2D eigenvalue weighted by Gasteiger charge is 2.11. The molecule has 2 heterocycles. The van der Waals surface area contributed by atoms with Gasteiger partial charge in [-0.2, -0.15) is 0 Å². The van der Waals surface area contributed by atoms with Gasteiger partial charge in [-0.3, -0.25) is 4.57 Å². The molecule has 2 rings (SSSR count). The smallest absolute Gasteiger partial charge is 0.343 e. The van der Waals surface area contributed by atoms with E-state index >= 15 is 0 Å². The molecule has 90 valence electrons. The number of nitrogen functional groups attached to an aromatic ring is 1. The number of rotatable bonds is 3. The Balaban J connectivity index is 2.34. The van der Waals surface area contributed by atoms with Crippen LogP contribution in [0, 0.1) is 0 Å². The van der Waals surface area contributed by atoms with Crippen LogP contribution in [0.5, 0.6) is 0 Å². The molecule has 8 heteroatoms. The highest BCUT2D eigenvalue weighted by atomic mass is 35.5. The molecule has 0 spiro atoms. The van der Waals surface area contributed by atoms with Crippen molar-refractivity contribution in [2.45, 2.75) is 23.7 Å². The first kappa shape index (κ1) is 12.0. The third-order valence-electron chi connectivity index (χ3n) is 2.07. The zero-order chi connectivity index (χ0) is 12.4. The normalized spacial score (nSPS) is 10.7. The van der Waals surface area contributed by atoms with Crippen molar-refractivity contribution in [2.75, 3.05) is 5.73 Å². The molecule has 2 aromatic heterocycles. The van der Waals surface area contributed by atoms with Crippen molar-refractivity contribution >= 4 is 29.1 Å². The standard InChI is InChI=1S/C9H10ClN5OS/c1-2-15-8(16)13-14-9(15)17-7-6(11)3-5(10)4-12-7/h3-4H,2,11H2,1H3,(H,13,16). The summed E-state index contributed by atoms with van der Waals surface area (Å²) in [6, 6.07) is 1.61. The zero-order valence-corrected chi connectivity index (χ0v) is 10.5. The number of nitrogens with two attached hydrogens (primary N) is 1. The van der Waals surface area contributed by atoms with E-state index in [9.17, 15) is 4.79 Å².